The number of alkyl halides is 3. The number of fused-ring (bicyclic) bond motifs is 3. The Morgan fingerprint density at radius 2 is 1.79 bits per heavy atom. The zero-order valence-electron chi connectivity index (χ0n) is 22.7. The van der Waals surface area contributed by atoms with Crippen LogP contribution < -0.4 is 5.73 Å². The molecular weight excluding hydrogens is 575 g/mol. The standard InChI is InChI=1S/C28H23F5N8O2/c1-38-24-19-7-15(5-6-23(19)37-25(34)20(24)11-35-38)27(43)40(39(2)26(42)14-3-4-14)12-16-8-22(30)18(9-21(16)29)17-10-36-41(13-17)28(31,32)33/h5-11,13-14H,3-4,12H2,1-2H3,(H2,34,37). The summed E-state index contributed by atoms with van der Waals surface area (Å²) in [6.07, 6.45) is -0.705. The minimum absolute atomic E-state index is 0.133. The Labute approximate surface area is 240 Å². The number of nitrogens with zero attached hydrogens (tertiary/aromatic N) is 7. The number of halogens is 5. The van der Waals surface area contributed by atoms with Gasteiger partial charge in [-0.2, -0.15) is 14.9 Å². The monoisotopic (exact) mass is 598 g/mol. The number of anilines is 1. The summed E-state index contributed by atoms with van der Waals surface area (Å²) in [6.45, 7) is -0.544. The van der Waals surface area contributed by atoms with Gasteiger partial charge >= 0.3 is 6.30 Å². The maximum absolute atomic E-state index is 15.4. The first-order valence-electron chi connectivity index (χ1n) is 13.0. The Hall–Kier alpha value is -5.08. The fraction of sp³-hybridized carbons (Fsp3) is 0.250. The number of nitrogen functional groups attached to an aromatic ring is 1. The molecule has 0 aliphatic heterocycles. The van der Waals surface area contributed by atoms with E-state index in [0.717, 1.165) is 28.3 Å². The molecular formula is C28H23F5N8O2. The first kappa shape index (κ1) is 28.1. The summed E-state index contributed by atoms with van der Waals surface area (Å²) in [5.74, 6) is -3.11. The van der Waals surface area contributed by atoms with E-state index in [1.807, 2.05) is 0 Å². The Bertz CT molecular complexity index is 1930. The molecule has 1 saturated carbocycles. The number of carbonyl (C=O) groups excluding carboxylic acids is 2. The molecule has 2 N–H and O–H groups in total. The van der Waals surface area contributed by atoms with Crippen LogP contribution in [-0.2, 0) is 24.7 Å². The Balaban J connectivity index is 1.38. The lowest BCUT2D eigenvalue weighted by molar-refractivity contribution is -0.212. The van der Waals surface area contributed by atoms with Crippen molar-refractivity contribution in [3.05, 3.63) is 71.7 Å². The average molecular weight is 599 g/mol. The van der Waals surface area contributed by atoms with Crippen molar-refractivity contribution in [2.24, 2.45) is 13.0 Å². The molecule has 0 bridgehead atoms. The number of hydrazine groups is 1. The molecule has 0 spiro atoms. The fourth-order valence-electron chi connectivity index (χ4n) is 4.96. The molecule has 3 heterocycles. The minimum atomic E-state index is -4.83. The first-order valence-corrected chi connectivity index (χ1v) is 13.0. The summed E-state index contributed by atoms with van der Waals surface area (Å²) >= 11 is 0. The van der Waals surface area contributed by atoms with Gasteiger partial charge in [0.1, 0.15) is 17.5 Å². The molecule has 0 atom stereocenters. The molecule has 0 unspecified atom stereocenters. The molecule has 2 amide bonds. The van der Waals surface area contributed by atoms with Gasteiger partial charge in [0, 0.05) is 53.9 Å². The smallest absolute Gasteiger partial charge is 0.383 e. The number of nitrogens with two attached hydrogens (primary N) is 1. The molecule has 2 aromatic carbocycles. The molecule has 0 radical (unpaired) electrons. The number of aromatic nitrogens is 5. The Kier molecular flexibility index (Phi) is 6.54. The third-order valence-electron chi connectivity index (χ3n) is 7.41. The van der Waals surface area contributed by atoms with Crippen LogP contribution in [0.4, 0.5) is 27.8 Å². The van der Waals surface area contributed by atoms with Gasteiger partial charge in [-0.05, 0) is 43.2 Å². The Morgan fingerprint density at radius 1 is 1.05 bits per heavy atom. The molecule has 3 aromatic heterocycles. The van der Waals surface area contributed by atoms with E-state index < -0.39 is 36.0 Å². The Morgan fingerprint density at radius 3 is 2.47 bits per heavy atom. The maximum Gasteiger partial charge on any atom is 0.504 e. The van der Waals surface area contributed by atoms with Crippen molar-refractivity contribution in [2.45, 2.75) is 25.7 Å². The largest absolute Gasteiger partial charge is 0.504 e. The van der Waals surface area contributed by atoms with Crippen molar-refractivity contribution in [1.29, 1.82) is 0 Å². The van der Waals surface area contributed by atoms with E-state index in [-0.39, 0.29) is 39.0 Å². The van der Waals surface area contributed by atoms with Gasteiger partial charge in [-0.25, -0.2) is 18.8 Å². The van der Waals surface area contributed by atoms with Gasteiger partial charge in [0.25, 0.3) is 5.91 Å². The normalized spacial score (nSPS) is 13.6. The highest BCUT2D eigenvalue weighted by Crippen LogP contribution is 2.34. The summed E-state index contributed by atoms with van der Waals surface area (Å²) < 4.78 is 70.7. The number of benzene rings is 2. The second-order valence-corrected chi connectivity index (χ2v) is 10.3. The van der Waals surface area contributed by atoms with Crippen LogP contribution in [0.1, 0.15) is 28.8 Å². The predicted molar refractivity (Wildman–Crippen MR) is 145 cm³/mol. The third kappa shape index (κ3) is 5.00. The summed E-state index contributed by atoms with van der Waals surface area (Å²) in [7, 11) is 3.08. The van der Waals surface area contributed by atoms with Crippen molar-refractivity contribution in [3.8, 4) is 11.1 Å². The van der Waals surface area contributed by atoms with Crippen LogP contribution in [0.25, 0.3) is 32.9 Å². The topological polar surface area (TPSA) is 115 Å². The van der Waals surface area contributed by atoms with Gasteiger partial charge in [-0.15, -0.1) is 13.2 Å². The number of hydrogen-bond acceptors (Lipinski definition) is 6. The second kappa shape index (κ2) is 10.0. The minimum Gasteiger partial charge on any atom is -0.383 e. The fourth-order valence-corrected chi connectivity index (χ4v) is 4.96. The SMILES string of the molecule is CN(C(=O)C1CC1)N(Cc1cc(F)c(-c2cnn(C(F)(F)F)c2)cc1F)C(=O)c1ccc2nc(N)c3cnn(C)c3c2c1. The first-order chi connectivity index (χ1) is 20.3. The van der Waals surface area contributed by atoms with Gasteiger partial charge in [-0.3, -0.25) is 19.3 Å². The molecule has 1 fully saturated rings. The van der Waals surface area contributed by atoms with Crippen molar-refractivity contribution in [3.63, 3.8) is 0 Å². The van der Waals surface area contributed by atoms with Crippen LogP contribution in [0.2, 0.25) is 0 Å². The molecule has 5 aromatic rings. The van der Waals surface area contributed by atoms with Gasteiger partial charge in [0.05, 0.1) is 35.4 Å². The molecule has 0 saturated heterocycles. The van der Waals surface area contributed by atoms with Gasteiger partial charge in [0.15, 0.2) is 0 Å². The van der Waals surface area contributed by atoms with Gasteiger partial charge < -0.3 is 5.73 Å². The van der Waals surface area contributed by atoms with Crippen LogP contribution in [0, 0.1) is 17.6 Å². The summed E-state index contributed by atoms with van der Waals surface area (Å²) in [6, 6.07) is 6.16. The number of pyridine rings is 1. The van der Waals surface area contributed by atoms with Crippen molar-refractivity contribution < 1.29 is 31.5 Å². The van der Waals surface area contributed by atoms with Crippen molar-refractivity contribution in [2.75, 3.05) is 12.8 Å². The van der Waals surface area contributed by atoms with Gasteiger partial charge in [-0.1, -0.05) is 0 Å². The molecule has 43 heavy (non-hydrogen) atoms. The van der Waals surface area contributed by atoms with E-state index >= 15 is 8.78 Å². The van der Waals surface area contributed by atoms with E-state index in [0.29, 0.717) is 40.8 Å². The predicted octanol–water partition coefficient (Wildman–Crippen LogP) is 4.75. The molecule has 1 aliphatic carbocycles. The van der Waals surface area contributed by atoms with Crippen LogP contribution in [0.15, 0.2) is 48.9 Å². The van der Waals surface area contributed by atoms with Crippen LogP contribution >= 0.6 is 0 Å². The van der Waals surface area contributed by atoms with Crippen molar-refractivity contribution >= 4 is 39.4 Å². The number of rotatable bonds is 5. The maximum atomic E-state index is 15.4. The molecule has 15 heteroatoms. The number of hydrogen-bond donors (Lipinski definition) is 1. The zero-order valence-corrected chi connectivity index (χ0v) is 22.7. The van der Waals surface area contributed by atoms with Crippen LogP contribution in [-0.4, -0.2) is 53.4 Å². The summed E-state index contributed by atoms with van der Waals surface area (Å²) in [5, 5.41) is 10.6. The van der Waals surface area contributed by atoms with E-state index in [1.165, 1.54) is 13.1 Å². The summed E-state index contributed by atoms with van der Waals surface area (Å²) in [4.78, 5) is 31.3. The van der Waals surface area contributed by atoms with E-state index in [2.05, 4.69) is 15.2 Å². The lowest BCUT2D eigenvalue weighted by atomic mass is 10.0. The quantitative estimate of drug-likeness (QED) is 0.231. The molecule has 222 valence electrons. The molecule has 6 rings (SSSR count). The van der Waals surface area contributed by atoms with Gasteiger partial charge in [0.2, 0.25) is 5.91 Å². The van der Waals surface area contributed by atoms with Crippen LogP contribution in [0.5, 0.6) is 0 Å². The molecule has 1 aliphatic rings. The number of aryl methyl sites for hydroxylation is 1. The second-order valence-electron chi connectivity index (χ2n) is 10.3. The lowest BCUT2D eigenvalue weighted by Gasteiger charge is -2.32. The van der Waals surface area contributed by atoms with Crippen molar-refractivity contribution in [1.82, 2.24) is 34.6 Å². The van der Waals surface area contributed by atoms with Crippen LogP contribution in [0.3, 0.4) is 0 Å². The zero-order chi connectivity index (χ0) is 30.8. The number of amides is 2. The highest BCUT2D eigenvalue weighted by Gasteiger charge is 2.36. The molecule has 10 nitrogen and oxygen atoms in total. The van der Waals surface area contributed by atoms with E-state index in [9.17, 15) is 22.8 Å². The lowest BCUT2D eigenvalue weighted by Crippen LogP contribution is -2.47. The summed E-state index contributed by atoms with van der Waals surface area (Å²) in [5.41, 5.74) is 6.29. The van der Waals surface area contributed by atoms with E-state index in [4.69, 9.17) is 5.73 Å². The van der Waals surface area contributed by atoms with E-state index in [1.54, 1.807) is 30.1 Å². The number of carbonyl (C=O) groups is 2. The third-order valence-corrected chi connectivity index (χ3v) is 7.41. The highest BCUT2D eigenvalue weighted by atomic mass is 19.4. The average Bonchev–Trinajstić information content (AvgIpc) is 3.54. The highest BCUT2D eigenvalue weighted by molar-refractivity contribution is 6.10.